The van der Waals surface area contributed by atoms with Crippen LogP contribution in [0.1, 0.15) is 24.3 Å². The number of Topliss-reactive ketones (excluding diaryl/α,β-unsaturated/α-hetero) is 1. The summed E-state index contributed by atoms with van der Waals surface area (Å²) in [5, 5.41) is 10.7. The van der Waals surface area contributed by atoms with Crippen LogP contribution in [-0.4, -0.2) is 28.5 Å². The number of anilines is 1. The van der Waals surface area contributed by atoms with Gasteiger partial charge in [-0.2, -0.15) is 0 Å². The molecule has 1 fully saturated rings. The number of imide groups is 1. The SMILES string of the molecule is O=C1C=C(Br)C(=O)C2=C1C(c1cccc(F)c1O)C1=CCC3C(=O)N(c4ccc(Br)cc4)C(=O)C3C1C2. The lowest BCUT2D eigenvalue weighted by molar-refractivity contribution is -0.123. The molecule has 0 radical (unpaired) electrons. The van der Waals surface area contributed by atoms with Crippen LogP contribution in [0.4, 0.5) is 10.1 Å². The highest BCUT2D eigenvalue weighted by molar-refractivity contribution is 9.12. The third kappa shape index (κ3) is 3.54. The van der Waals surface area contributed by atoms with E-state index < -0.39 is 46.8 Å². The van der Waals surface area contributed by atoms with Gasteiger partial charge < -0.3 is 5.11 Å². The molecule has 4 aliphatic rings. The number of halogens is 3. The smallest absolute Gasteiger partial charge is 0.238 e. The molecule has 4 unspecified atom stereocenters. The van der Waals surface area contributed by atoms with Crippen molar-refractivity contribution in [1.82, 2.24) is 0 Å². The van der Waals surface area contributed by atoms with E-state index in [0.29, 0.717) is 11.3 Å². The summed E-state index contributed by atoms with van der Waals surface area (Å²) >= 11 is 6.53. The first-order chi connectivity index (χ1) is 17.7. The van der Waals surface area contributed by atoms with Gasteiger partial charge in [-0.05, 0) is 65.0 Å². The summed E-state index contributed by atoms with van der Waals surface area (Å²) in [6, 6.07) is 10.9. The highest BCUT2D eigenvalue weighted by atomic mass is 79.9. The second-order valence-corrected chi connectivity index (χ2v) is 11.3. The Balaban J connectivity index is 1.50. The minimum atomic E-state index is -0.914. The third-order valence-corrected chi connectivity index (χ3v) is 8.86. The molecule has 2 aromatic rings. The van der Waals surface area contributed by atoms with Crippen LogP contribution in [0, 0.1) is 23.6 Å². The summed E-state index contributed by atoms with van der Waals surface area (Å²) in [6.07, 6.45) is 3.36. The van der Waals surface area contributed by atoms with Crippen molar-refractivity contribution in [3.8, 4) is 5.75 Å². The quantitative estimate of drug-likeness (QED) is 0.279. The molecule has 1 heterocycles. The van der Waals surface area contributed by atoms with Crippen LogP contribution in [0.25, 0.3) is 0 Å². The molecule has 1 aliphatic heterocycles. The summed E-state index contributed by atoms with van der Waals surface area (Å²) in [7, 11) is 0. The summed E-state index contributed by atoms with van der Waals surface area (Å²) in [6.45, 7) is 0. The number of aromatic hydroxyl groups is 1. The number of benzene rings is 2. The second-order valence-electron chi connectivity index (χ2n) is 9.56. The Morgan fingerprint density at radius 3 is 2.41 bits per heavy atom. The van der Waals surface area contributed by atoms with Gasteiger partial charge in [0.1, 0.15) is 0 Å². The fourth-order valence-electron chi connectivity index (χ4n) is 6.17. The number of nitrogens with zero attached hydrogens (tertiary/aromatic N) is 1. The minimum absolute atomic E-state index is 0.0929. The van der Waals surface area contributed by atoms with E-state index in [0.717, 1.165) is 10.5 Å². The van der Waals surface area contributed by atoms with Crippen LogP contribution in [0.15, 0.2) is 80.3 Å². The van der Waals surface area contributed by atoms with Crippen molar-refractivity contribution < 1.29 is 28.7 Å². The number of rotatable bonds is 2. The van der Waals surface area contributed by atoms with Crippen LogP contribution in [-0.2, 0) is 19.2 Å². The molecule has 2 amide bonds. The molecular formula is C28H18Br2FNO5. The van der Waals surface area contributed by atoms with Crippen molar-refractivity contribution in [2.75, 3.05) is 4.90 Å². The van der Waals surface area contributed by atoms with E-state index in [1.54, 1.807) is 24.3 Å². The van der Waals surface area contributed by atoms with Gasteiger partial charge in [-0.15, -0.1) is 0 Å². The van der Waals surface area contributed by atoms with E-state index in [-0.39, 0.29) is 45.8 Å². The summed E-state index contributed by atoms with van der Waals surface area (Å²) < 4.78 is 15.4. The van der Waals surface area contributed by atoms with E-state index in [4.69, 9.17) is 0 Å². The summed E-state index contributed by atoms with van der Waals surface area (Å²) in [4.78, 5) is 54.8. The van der Waals surface area contributed by atoms with Gasteiger partial charge in [0.15, 0.2) is 23.1 Å². The zero-order valence-corrected chi connectivity index (χ0v) is 22.3. The van der Waals surface area contributed by atoms with Crippen LogP contribution in [0.2, 0.25) is 0 Å². The van der Waals surface area contributed by atoms with Gasteiger partial charge >= 0.3 is 0 Å². The number of phenols is 1. The Kier molecular flexibility index (Phi) is 5.69. The van der Waals surface area contributed by atoms with Gasteiger partial charge in [0, 0.05) is 33.2 Å². The van der Waals surface area contributed by atoms with Gasteiger partial charge in [-0.1, -0.05) is 39.7 Å². The molecule has 0 bridgehead atoms. The molecule has 37 heavy (non-hydrogen) atoms. The fourth-order valence-corrected chi connectivity index (χ4v) is 6.88. The lowest BCUT2D eigenvalue weighted by Crippen LogP contribution is -2.39. The average molecular weight is 627 g/mol. The average Bonchev–Trinajstić information content (AvgIpc) is 3.13. The number of carbonyl (C=O) groups excluding carboxylic acids is 4. The number of para-hydroxylation sites is 1. The molecule has 186 valence electrons. The van der Waals surface area contributed by atoms with Gasteiger partial charge in [0.25, 0.3) is 0 Å². The maximum absolute atomic E-state index is 14.4. The van der Waals surface area contributed by atoms with Crippen molar-refractivity contribution in [3.63, 3.8) is 0 Å². The molecule has 2 aromatic carbocycles. The van der Waals surface area contributed by atoms with Crippen molar-refractivity contribution in [3.05, 3.63) is 91.7 Å². The number of ketones is 2. The maximum Gasteiger partial charge on any atom is 0.238 e. The minimum Gasteiger partial charge on any atom is -0.505 e. The molecule has 0 aromatic heterocycles. The Bertz CT molecular complexity index is 1520. The zero-order chi connectivity index (χ0) is 26.2. The standard InChI is InChI=1S/C28H18Br2FNO5/c29-12-4-6-13(7-5-12)32-27(36)16-9-8-14-17(23(16)28(32)37)10-18-24(21(33)11-19(30)25(18)34)22(14)15-2-1-3-20(31)26(15)35/h1-8,11,16-17,22-23,35H,9-10H2. The monoisotopic (exact) mass is 625 g/mol. The molecule has 3 aliphatic carbocycles. The van der Waals surface area contributed by atoms with Gasteiger partial charge in [-0.25, -0.2) is 4.39 Å². The highest BCUT2D eigenvalue weighted by Gasteiger charge is 2.56. The molecule has 0 saturated carbocycles. The van der Waals surface area contributed by atoms with Crippen LogP contribution in [0.3, 0.4) is 0 Å². The van der Waals surface area contributed by atoms with Gasteiger partial charge in [0.05, 0.1) is 22.0 Å². The van der Waals surface area contributed by atoms with Crippen LogP contribution < -0.4 is 4.90 Å². The Labute approximate surface area is 227 Å². The van der Waals surface area contributed by atoms with Crippen molar-refractivity contribution in [2.24, 2.45) is 17.8 Å². The predicted octanol–water partition coefficient (Wildman–Crippen LogP) is 5.26. The van der Waals surface area contributed by atoms with Gasteiger partial charge in [-0.3, -0.25) is 24.1 Å². The number of hydrogen-bond donors (Lipinski definition) is 1. The number of allylic oxidation sites excluding steroid dienone is 6. The Hall–Kier alpha value is -3.17. The van der Waals surface area contributed by atoms with Crippen LogP contribution in [0.5, 0.6) is 5.75 Å². The second kappa shape index (κ2) is 8.70. The van der Waals surface area contributed by atoms with E-state index in [9.17, 15) is 28.7 Å². The van der Waals surface area contributed by atoms with E-state index in [1.165, 1.54) is 23.1 Å². The predicted molar refractivity (Wildman–Crippen MR) is 139 cm³/mol. The molecule has 1 N–H and O–H groups in total. The topological polar surface area (TPSA) is 91.8 Å². The fraction of sp³-hybridized carbons (Fsp3) is 0.214. The normalized spacial score (nSPS) is 27.1. The number of hydrogen-bond acceptors (Lipinski definition) is 5. The molecule has 9 heteroatoms. The van der Waals surface area contributed by atoms with E-state index >= 15 is 0 Å². The molecule has 6 rings (SSSR count). The first kappa shape index (κ1) is 24.2. The van der Waals surface area contributed by atoms with Crippen molar-refractivity contribution >= 4 is 60.9 Å². The van der Waals surface area contributed by atoms with E-state index in [1.807, 2.05) is 6.08 Å². The Morgan fingerprint density at radius 2 is 1.68 bits per heavy atom. The van der Waals surface area contributed by atoms with Crippen LogP contribution >= 0.6 is 31.9 Å². The zero-order valence-electron chi connectivity index (χ0n) is 19.1. The Morgan fingerprint density at radius 1 is 0.946 bits per heavy atom. The lowest BCUT2D eigenvalue weighted by Gasteiger charge is -2.42. The number of amides is 2. The summed E-state index contributed by atoms with van der Waals surface area (Å²) in [5.41, 5.74) is 1.65. The van der Waals surface area contributed by atoms with Crippen molar-refractivity contribution in [1.29, 1.82) is 0 Å². The largest absolute Gasteiger partial charge is 0.505 e. The molecule has 6 nitrogen and oxygen atoms in total. The number of fused-ring (bicyclic) bond motifs is 3. The molecule has 4 atom stereocenters. The number of carbonyl (C=O) groups is 4. The first-order valence-electron chi connectivity index (χ1n) is 11.7. The maximum atomic E-state index is 14.4. The molecule has 0 spiro atoms. The summed E-state index contributed by atoms with van der Waals surface area (Å²) in [5.74, 6) is -5.81. The molecular weight excluding hydrogens is 609 g/mol. The highest BCUT2D eigenvalue weighted by Crippen LogP contribution is 2.56. The van der Waals surface area contributed by atoms with E-state index in [2.05, 4.69) is 31.9 Å². The first-order valence-corrected chi connectivity index (χ1v) is 13.3. The van der Waals surface area contributed by atoms with Gasteiger partial charge in [0.2, 0.25) is 11.8 Å². The third-order valence-electron chi connectivity index (χ3n) is 7.75. The lowest BCUT2D eigenvalue weighted by atomic mass is 9.59. The molecule has 1 saturated heterocycles. The number of phenolic OH excluding ortho intramolecular Hbond substituents is 1. The van der Waals surface area contributed by atoms with Crippen molar-refractivity contribution in [2.45, 2.75) is 18.8 Å².